The molecule has 0 heterocycles. The molecule has 0 bridgehead atoms. The van der Waals surface area contributed by atoms with Gasteiger partial charge in [-0.1, -0.05) is 26.0 Å². The third-order valence-electron chi connectivity index (χ3n) is 3.01. The van der Waals surface area contributed by atoms with Gasteiger partial charge in [0.2, 0.25) is 0 Å². The standard InChI is InChI=1S/C14H21BrFNO/c1-4-9-17-14(12(5-2)18-3)10-7-6-8-11(15)13(10)16/h6-8,12,14,17H,4-5,9H2,1-3H3. The molecule has 0 aliphatic rings. The van der Waals surface area contributed by atoms with E-state index in [1.54, 1.807) is 13.2 Å². The number of hydrogen-bond acceptors (Lipinski definition) is 2. The second-order valence-electron chi connectivity index (χ2n) is 4.26. The van der Waals surface area contributed by atoms with E-state index in [0.717, 1.165) is 19.4 Å². The molecule has 0 saturated heterocycles. The summed E-state index contributed by atoms with van der Waals surface area (Å²) in [6.45, 7) is 4.98. The van der Waals surface area contributed by atoms with Crippen LogP contribution in [0.5, 0.6) is 0 Å². The molecule has 2 unspecified atom stereocenters. The molecule has 0 aliphatic heterocycles. The predicted molar refractivity (Wildman–Crippen MR) is 76.2 cm³/mol. The first-order valence-electron chi connectivity index (χ1n) is 6.35. The van der Waals surface area contributed by atoms with Crippen LogP contribution in [0.1, 0.15) is 38.3 Å². The van der Waals surface area contributed by atoms with Crippen molar-refractivity contribution < 1.29 is 9.13 Å². The van der Waals surface area contributed by atoms with Gasteiger partial charge in [-0.3, -0.25) is 0 Å². The third kappa shape index (κ3) is 3.77. The Kier molecular flexibility index (Phi) is 6.82. The summed E-state index contributed by atoms with van der Waals surface area (Å²) in [4.78, 5) is 0. The molecular weight excluding hydrogens is 297 g/mol. The zero-order valence-electron chi connectivity index (χ0n) is 11.2. The van der Waals surface area contributed by atoms with E-state index >= 15 is 0 Å². The molecule has 0 fully saturated rings. The molecule has 2 atom stereocenters. The number of methoxy groups -OCH3 is 1. The Bertz CT molecular complexity index is 369. The Labute approximate surface area is 117 Å². The van der Waals surface area contributed by atoms with Crippen LogP contribution in [0, 0.1) is 5.82 Å². The molecule has 1 N–H and O–H groups in total. The maximum Gasteiger partial charge on any atom is 0.142 e. The van der Waals surface area contributed by atoms with Crippen molar-refractivity contribution in [3.63, 3.8) is 0 Å². The summed E-state index contributed by atoms with van der Waals surface area (Å²) in [5.74, 6) is -0.207. The van der Waals surface area contributed by atoms with Crippen molar-refractivity contribution in [1.29, 1.82) is 0 Å². The lowest BCUT2D eigenvalue weighted by Crippen LogP contribution is -2.34. The summed E-state index contributed by atoms with van der Waals surface area (Å²) in [5, 5.41) is 3.37. The first-order chi connectivity index (χ1) is 8.65. The highest BCUT2D eigenvalue weighted by Crippen LogP contribution is 2.28. The third-order valence-corrected chi connectivity index (χ3v) is 3.62. The molecule has 0 radical (unpaired) electrons. The fourth-order valence-corrected chi connectivity index (χ4v) is 2.42. The molecule has 1 aromatic carbocycles. The average molecular weight is 318 g/mol. The van der Waals surface area contributed by atoms with Crippen molar-refractivity contribution >= 4 is 15.9 Å². The van der Waals surface area contributed by atoms with E-state index in [1.165, 1.54) is 0 Å². The molecule has 0 saturated carbocycles. The molecule has 0 aliphatic carbocycles. The monoisotopic (exact) mass is 317 g/mol. The SMILES string of the molecule is CCCNC(c1cccc(Br)c1F)C(CC)OC. The minimum Gasteiger partial charge on any atom is -0.379 e. The lowest BCUT2D eigenvalue weighted by atomic mass is 9.98. The van der Waals surface area contributed by atoms with Gasteiger partial charge in [0.1, 0.15) is 5.82 Å². The van der Waals surface area contributed by atoms with Gasteiger partial charge in [-0.25, -0.2) is 4.39 Å². The van der Waals surface area contributed by atoms with Gasteiger partial charge in [0.15, 0.2) is 0 Å². The van der Waals surface area contributed by atoms with Gasteiger partial charge in [0.05, 0.1) is 16.6 Å². The summed E-state index contributed by atoms with van der Waals surface area (Å²) in [6, 6.07) is 5.27. The van der Waals surface area contributed by atoms with Gasteiger partial charge in [-0.05, 0) is 41.4 Å². The van der Waals surface area contributed by atoms with Crippen LogP contribution in [-0.4, -0.2) is 19.8 Å². The molecule has 102 valence electrons. The summed E-state index contributed by atoms with van der Waals surface area (Å²) in [7, 11) is 1.67. The molecule has 18 heavy (non-hydrogen) atoms. The molecule has 2 nitrogen and oxygen atoms in total. The highest BCUT2D eigenvalue weighted by atomic mass is 79.9. The zero-order chi connectivity index (χ0) is 13.5. The second-order valence-corrected chi connectivity index (χ2v) is 5.11. The van der Waals surface area contributed by atoms with Crippen LogP contribution in [-0.2, 0) is 4.74 Å². The van der Waals surface area contributed by atoms with Gasteiger partial charge in [0, 0.05) is 12.7 Å². The van der Waals surface area contributed by atoms with Crippen LogP contribution in [0.4, 0.5) is 4.39 Å². The Morgan fingerprint density at radius 3 is 2.67 bits per heavy atom. The molecule has 1 aromatic rings. The molecule has 4 heteroatoms. The van der Waals surface area contributed by atoms with E-state index in [9.17, 15) is 4.39 Å². The van der Waals surface area contributed by atoms with Crippen LogP contribution in [0.2, 0.25) is 0 Å². The topological polar surface area (TPSA) is 21.3 Å². The number of hydrogen-bond donors (Lipinski definition) is 1. The number of halogens is 2. The van der Waals surface area contributed by atoms with Gasteiger partial charge in [-0.2, -0.15) is 0 Å². The van der Waals surface area contributed by atoms with Crippen molar-refractivity contribution in [3.8, 4) is 0 Å². The molecule has 0 aromatic heterocycles. The Hall–Kier alpha value is -0.450. The van der Waals surface area contributed by atoms with Gasteiger partial charge in [0.25, 0.3) is 0 Å². The van der Waals surface area contributed by atoms with Crippen LogP contribution in [0.3, 0.4) is 0 Å². The fourth-order valence-electron chi connectivity index (χ4n) is 2.04. The molecule has 0 spiro atoms. The van der Waals surface area contributed by atoms with Crippen LogP contribution >= 0.6 is 15.9 Å². The van der Waals surface area contributed by atoms with E-state index in [4.69, 9.17) is 4.74 Å². The lowest BCUT2D eigenvalue weighted by molar-refractivity contribution is 0.0639. The Morgan fingerprint density at radius 1 is 1.39 bits per heavy atom. The first-order valence-corrected chi connectivity index (χ1v) is 7.15. The minimum absolute atomic E-state index is 0.0275. The van der Waals surface area contributed by atoms with E-state index in [-0.39, 0.29) is 18.0 Å². The van der Waals surface area contributed by atoms with Crippen LogP contribution < -0.4 is 5.32 Å². The summed E-state index contributed by atoms with van der Waals surface area (Å²) in [5.41, 5.74) is 0.659. The normalized spacial score (nSPS) is 14.5. The Balaban J connectivity index is 3.04. The number of benzene rings is 1. The van der Waals surface area contributed by atoms with Crippen molar-refractivity contribution in [3.05, 3.63) is 34.1 Å². The maximum atomic E-state index is 14.2. The average Bonchev–Trinajstić information content (AvgIpc) is 2.38. The summed E-state index contributed by atoms with van der Waals surface area (Å²) >= 11 is 3.23. The summed E-state index contributed by atoms with van der Waals surface area (Å²) in [6.07, 6.45) is 1.82. The van der Waals surface area contributed by atoms with Crippen molar-refractivity contribution in [2.45, 2.75) is 38.8 Å². The van der Waals surface area contributed by atoms with Crippen LogP contribution in [0.25, 0.3) is 0 Å². The van der Waals surface area contributed by atoms with E-state index in [0.29, 0.717) is 10.0 Å². The molecular formula is C14H21BrFNO. The lowest BCUT2D eigenvalue weighted by Gasteiger charge is -2.27. The maximum absolute atomic E-state index is 14.2. The van der Waals surface area contributed by atoms with Gasteiger partial charge >= 0.3 is 0 Å². The smallest absolute Gasteiger partial charge is 0.142 e. The number of nitrogens with one attached hydrogen (secondary N) is 1. The second kappa shape index (κ2) is 7.87. The molecule has 1 rings (SSSR count). The van der Waals surface area contributed by atoms with Crippen molar-refractivity contribution in [1.82, 2.24) is 5.32 Å². The first kappa shape index (κ1) is 15.6. The van der Waals surface area contributed by atoms with Crippen LogP contribution in [0.15, 0.2) is 22.7 Å². The van der Waals surface area contributed by atoms with E-state index in [1.807, 2.05) is 19.1 Å². The largest absolute Gasteiger partial charge is 0.379 e. The molecule has 0 amide bonds. The Morgan fingerprint density at radius 2 is 2.11 bits per heavy atom. The highest BCUT2D eigenvalue weighted by molar-refractivity contribution is 9.10. The highest BCUT2D eigenvalue weighted by Gasteiger charge is 2.24. The van der Waals surface area contributed by atoms with E-state index < -0.39 is 0 Å². The fraction of sp³-hybridized carbons (Fsp3) is 0.571. The zero-order valence-corrected chi connectivity index (χ0v) is 12.8. The van der Waals surface area contributed by atoms with E-state index in [2.05, 4.69) is 28.2 Å². The number of ether oxygens (including phenoxy) is 1. The van der Waals surface area contributed by atoms with Crippen molar-refractivity contribution in [2.24, 2.45) is 0 Å². The van der Waals surface area contributed by atoms with Gasteiger partial charge in [-0.15, -0.1) is 0 Å². The summed E-state index contributed by atoms with van der Waals surface area (Å²) < 4.78 is 20.1. The number of rotatable bonds is 7. The predicted octanol–water partition coefficient (Wildman–Crippen LogP) is 4.05. The van der Waals surface area contributed by atoms with Gasteiger partial charge < -0.3 is 10.1 Å². The van der Waals surface area contributed by atoms with Crippen molar-refractivity contribution in [2.75, 3.05) is 13.7 Å². The quantitative estimate of drug-likeness (QED) is 0.819. The minimum atomic E-state index is -0.207.